The number of rotatable bonds is 1. The van der Waals surface area contributed by atoms with Gasteiger partial charge in [0, 0.05) is 5.25 Å². The van der Waals surface area contributed by atoms with Gasteiger partial charge in [-0.3, -0.25) is 0 Å². The first-order valence-electron chi connectivity index (χ1n) is 3.48. The average Bonchev–Trinajstić information content (AvgIpc) is 1.91. The van der Waals surface area contributed by atoms with Crippen molar-refractivity contribution in [3.63, 3.8) is 0 Å². The van der Waals surface area contributed by atoms with Crippen LogP contribution in [0.4, 0.5) is 0 Å². The van der Waals surface area contributed by atoms with Gasteiger partial charge >= 0.3 is 0 Å². The van der Waals surface area contributed by atoms with Crippen LogP contribution in [0.5, 0.6) is 0 Å². The van der Waals surface area contributed by atoms with E-state index in [0.717, 1.165) is 0 Å². The van der Waals surface area contributed by atoms with Crippen molar-refractivity contribution >= 4 is 11.8 Å². The lowest BCUT2D eigenvalue weighted by molar-refractivity contribution is 0.517. The fourth-order valence-electron chi connectivity index (χ4n) is 1.26. The van der Waals surface area contributed by atoms with E-state index in [4.69, 9.17) is 5.26 Å². The molecule has 0 aliphatic heterocycles. The van der Waals surface area contributed by atoms with Gasteiger partial charge in [-0.1, -0.05) is 19.3 Å². The topological polar surface area (TPSA) is 23.8 Å². The zero-order chi connectivity index (χ0) is 6.53. The Morgan fingerprint density at radius 1 is 1.22 bits per heavy atom. The van der Waals surface area contributed by atoms with Crippen molar-refractivity contribution in [3.8, 4) is 5.40 Å². The van der Waals surface area contributed by atoms with E-state index in [-0.39, 0.29) is 0 Å². The van der Waals surface area contributed by atoms with E-state index in [1.165, 1.54) is 43.9 Å². The summed E-state index contributed by atoms with van der Waals surface area (Å²) in [4.78, 5) is 0. The Morgan fingerprint density at radius 3 is 2.44 bits per heavy atom. The molecule has 1 saturated carbocycles. The van der Waals surface area contributed by atoms with Gasteiger partial charge in [0.15, 0.2) is 0 Å². The molecule has 0 radical (unpaired) electrons. The Kier molecular flexibility index (Phi) is 2.93. The predicted octanol–water partition coefficient (Wildman–Crippen LogP) is 2.53. The summed E-state index contributed by atoms with van der Waals surface area (Å²) < 4.78 is 0. The molecule has 1 rings (SSSR count). The Morgan fingerprint density at radius 2 is 1.89 bits per heavy atom. The molecule has 2 heteroatoms. The summed E-state index contributed by atoms with van der Waals surface area (Å²) in [7, 11) is 0. The first-order chi connectivity index (χ1) is 4.43. The van der Waals surface area contributed by atoms with E-state index in [2.05, 4.69) is 5.40 Å². The lowest BCUT2D eigenvalue weighted by atomic mass is 10.0. The van der Waals surface area contributed by atoms with Gasteiger partial charge in [-0.15, -0.1) is 0 Å². The molecule has 0 aromatic carbocycles. The van der Waals surface area contributed by atoms with Crippen molar-refractivity contribution in [2.45, 2.75) is 37.4 Å². The van der Waals surface area contributed by atoms with Gasteiger partial charge < -0.3 is 0 Å². The molecule has 1 nitrogen and oxygen atoms in total. The van der Waals surface area contributed by atoms with Crippen molar-refractivity contribution in [2.24, 2.45) is 0 Å². The van der Waals surface area contributed by atoms with Crippen LogP contribution in [0.1, 0.15) is 32.1 Å². The summed E-state index contributed by atoms with van der Waals surface area (Å²) in [5, 5.41) is 11.1. The van der Waals surface area contributed by atoms with Crippen LogP contribution in [0, 0.1) is 10.7 Å². The smallest absolute Gasteiger partial charge is 0.133 e. The number of hydrogen-bond donors (Lipinski definition) is 0. The summed E-state index contributed by atoms with van der Waals surface area (Å²) >= 11 is 1.46. The van der Waals surface area contributed by atoms with Crippen LogP contribution in [-0.4, -0.2) is 5.25 Å². The number of hydrogen-bond acceptors (Lipinski definition) is 2. The van der Waals surface area contributed by atoms with Crippen LogP contribution in [0.2, 0.25) is 0 Å². The number of thiocyanates is 1. The highest BCUT2D eigenvalue weighted by molar-refractivity contribution is 8.04. The molecule has 0 bridgehead atoms. The molecule has 0 N–H and O–H groups in total. The summed E-state index contributed by atoms with van der Waals surface area (Å²) in [5.41, 5.74) is 0. The maximum Gasteiger partial charge on any atom is 0.133 e. The van der Waals surface area contributed by atoms with Crippen molar-refractivity contribution in [1.29, 1.82) is 5.26 Å². The zero-order valence-electron chi connectivity index (χ0n) is 5.47. The molecular formula is C7H11NS. The van der Waals surface area contributed by atoms with Gasteiger partial charge in [0.05, 0.1) is 0 Å². The minimum Gasteiger partial charge on any atom is -0.185 e. The fourth-order valence-corrected chi connectivity index (χ4v) is 1.98. The summed E-state index contributed by atoms with van der Waals surface area (Å²) in [6, 6.07) is 0. The highest BCUT2D eigenvalue weighted by Gasteiger charge is 2.12. The summed E-state index contributed by atoms with van der Waals surface area (Å²) in [5.74, 6) is 0. The first kappa shape index (κ1) is 6.95. The van der Waals surface area contributed by atoms with E-state index >= 15 is 0 Å². The maximum atomic E-state index is 8.33. The molecule has 0 amide bonds. The molecular weight excluding hydrogens is 130 g/mol. The van der Waals surface area contributed by atoms with Crippen LogP contribution >= 0.6 is 11.8 Å². The monoisotopic (exact) mass is 141 g/mol. The Bertz CT molecular complexity index is 111. The number of nitriles is 1. The fraction of sp³-hybridized carbons (Fsp3) is 0.857. The van der Waals surface area contributed by atoms with Crippen molar-refractivity contribution < 1.29 is 0 Å². The van der Waals surface area contributed by atoms with Gasteiger partial charge in [-0.2, -0.15) is 5.26 Å². The van der Waals surface area contributed by atoms with Crippen LogP contribution in [0.25, 0.3) is 0 Å². The average molecular weight is 141 g/mol. The predicted molar refractivity (Wildman–Crippen MR) is 40.1 cm³/mol. The SMILES string of the molecule is N#CSC1CCCCC1. The van der Waals surface area contributed by atoms with Crippen LogP contribution in [0.15, 0.2) is 0 Å². The second kappa shape index (κ2) is 3.79. The van der Waals surface area contributed by atoms with Crippen LogP contribution in [-0.2, 0) is 0 Å². The second-order valence-electron chi connectivity index (χ2n) is 2.47. The van der Waals surface area contributed by atoms with E-state index in [9.17, 15) is 0 Å². The third-order valence-corrected chi connectivity index (χ3v) is 2.68. The standard InChI is InChI=1S/C7H11NS/c8-6-9-7-4-2-1-3-5-7/h7H,1-5H2. The molecule has 0 saturated heterocycles. The molecule has 0 unspecified atom stereocenters. The van der Waals surface area contributed by atoms with Gasteiger partial charge in [0.1, 0.15) is 5.40 Å². The van der Waals surface area contributed by atoms with Crippen LogP contribution in [0.3, 0.4) is 0 Å². The van der Waals surface area contributed by atoms with Gasteiger partial charge in [0.2, 0.25) is 0 Å². The van der Waals surface area contributed by atoms with Gasteiger partial charge in [-0.05, 0) is 24.6 Å². The van der Waals surface area contributed by atoms with Crippen molar-refractivity contribution in [3.05, 3.63) is 0 Å². The molecule has 0 spiro atoms. The third-order valence-electron chi connectivity index (χ3n) is 1.77. The molecule has 9 heavy (non-hydrogen) atoms. The highest BCUT2D eigenvalue weighted by atomic mass is 32.2. The zero-order valence-corrected chi connectivity index (χ0v) is 6.28. The lowest BCUT2D eigenvalue weighted by Crippen LogP contribution is -2.06. The molecule has 50 valence electrons. The van der Waals surface area contributed by atoms with Gasteiger partial charge in [0.25, 0.3) is 0 Å². The highest BCUT2D eigenvalue weighted by Crippen LogP contribution is 2.26. The molecule has 1 aliphatic rings. The van der Waals surface area contributed by atoms with E-state index in [1.807, 2.05) is 0 Å². The van der Waals surface area contributed by atoms with Crippen LogP contribution < -0.4 is 0 Å². The first-order valence-corrected chi connectivity index (χ1v) is 4.36. The van der Waals surface area contributed by atoms with E-state index in [0.29, 0.717) is 5.25 Å². The Balaban J connectivity index is 2.17. The molecule has 0 aromatic heterocycles. The van der Waals surface area contributed by atoms with Gasteiger partial charge in [-0.25, -0.2) is 0 Å². The molecule has 0 heterocycles. The quantitative estimate of drug-likeness (QED) is 0.524. The minimum atomic E-state index is 0.656. The van der Waals surface area contributed by atoms with E-state index in [1.54, 1.807) is 0 Å². The molecule has 1 aliphatic carbocycles. The van der Waals surface area contributed by atoms with E-state index < -0.39 is 0 Å². The van der Waals surface area contributed by atoms with Crippen molar-refractivity contribution in [1.82, 2.24) is 0 Å². The Hall–Kier alpha value is -0.160. The second-order valence-corrected chi connectivity index (χ2v) is 3.55. The number of nitrogens with zero attached hydrogens (tertiary/aromatic N) is 1. The minimum absolute atomic E-state index is 0.656. The maximum absolute atomic E-state index is 8.33. The third kappa shape index (κ3) is 2.28. The number of thioether (sulfide) groups is 1. The molecule has 1 fully saturated rings. The molecule has 0 aromatic rings. The largest absolute Gasteiger partial charge is 0.185 e. The summed E-state index contributed by atoms with van der Waals surface area (Å²) in [6.07, 6.45) is 6.57. The normalized spacial score (nSPS) is 21.2. The Labute approximate surface area is 60.4 Å². The summed E-state index contributed by atoms with van der Waals surface area (Å²) in [6.45, 7) is 0. The molecule has 0 atom stereocenters. The lowest BCUT2D eigenvalue weighted by Gasteiger charge is -2.16. The van der Waals surface area contributed by atoms with Crippen molar-refractivity contribution in [2.75, 3.05) is 0 Å².